The number of hydrogen-bond acceptors (Lipinski definition) is 3. The smallest absolute Gasteiger partial charge is 0.0573 e. The van der Waals surface area contributed by atoms with Crippen LogP contribution >= 0.6 is 23.7 Å². The molecule has 0 radical (unpaired) electrons. The van der Waals surface area contributed by atoms with Gasteiger partial charge in [-0.2, -0.15) is 11.3 Å². The lowest BCUT2D eigenvalue weighted by atomic mass is 9.93. The Balaban J connectivity index is 0.000000980. The van der Waals surface area contributed by atoms with Crippen LogP contribution in [0.2, 0.25) is 0 Å². The third-order valence-corrected chi connectivity index (χ3v) is 3.27. The van der Waals surface area contributed by atoms with Gasteiger partial charge < -0.3 is 10.4 Å². The maximum Gasteiger partial charge on any atom is 0.0573 e. The van der Waals surface area contributed by atoms with Gasteiger partial charge in [-0.3, -0.25) is 0 Å². The van der Waals surface area contributed by atoms with Crippen molar-refractivity contribution in [2.45, 2.75) is 38.0 Å². The lowest BCUT2D eigenvalue weighted by molar-refractivity contribution is 0.0976. The zero-order valence-corrected chi connectivity index (χ0v) is 9.78. The number of thiophene rings is 1. The van der Waals surface area contributed by atoms with Crippen LogP contribution in [0.1, 0.15) is 31.4 Å². The number of halogens is 1. The number of aliphatic hydroxyl groups excluding tert-OH is 1. The van der Waals surface area contributed by atoms with E-state index in [0.29, 0.717) is 12.1 Å². The molecule has 0 amide bonds. The van der Waals surface area contributed by atoms with Crippen molar-refractivity contribution in [3.63, 3.8) is 0 Å². The Bertz CT molecular complexity index is 255. The highest BCUT2D eigenvalue weighted by Gasteiger charge is 2.25. The monoisotopic (exact) mass is 233 g/mol. The minimum absolute atomic E-state index is 0. The number of rotatable bonds is 1. The Hall–Kier alpha value is -0.0900. The molecule has 0 unspecified atom stereocenters. The molecule has 0 spiro atoms. The standard InChI is InChI=1S/C10H15NOS.ClH/c1-7-4-9(12)5-10(11-7)8-2-3-13-6-8;/h2-3,6-7,9-12H,4-5H2,1H3;1H/t7-,9+,10-;/m1./s1. The van der Waals surface area contributed by atoms with E-state index < -0.39 is 0 Å². The van der Waals surface area contributed by atoms with E-state index in [1.54, 1.807) is 11.3 Å². The second kappa shape index (κ2) is 5.12. The molecule has 0 bridgehead atoms. The van der Waals surface area contributed by atoms with Gasteiger partial charge in [0.15, 0.2) is 0 Å². The van der Waals surface area contributed by atoms with E-state index in [2.05, 4.69) is 29.1 Å². The summed E-state index contributed by atoms with van der Waals surface area (Å²) in [7, 11) is 0. The molecule has 80 valence electrons. The van der Waals surface area contributed by atoms with Crippen LogP contribution in [0.15, 0.2) is 16.8 Å². The molecule has 1 aromatic heterocycles. The lowest BCUT2D eigenvalue weighted by Crippen LogP contribution is -2.40. The van der Waals surface area contributed by atoms with Crippen molar-refractivity contribution in [1.82, 2.24) is 5.32 Å². The molecule has 4 heteroatoms. The SMILES string of the molecule is C[C@@H]1C[C@H](O)C[C@H](c2ccsc2)N1.Cl. The van der Waals surface area contributed by atoms with Crippen molar-refractivity contribution in [3.05, 3.63) is 22.4 Å². The molecule has 1 fully saturated rings. The number of nitrogens with one attached hydrogen (secondary N) is 1. The van der Waals surface area contributed by atoms with Crippen LogP contribution in [0.4, 0.5) is 0 Å². The number of piperidine rings is 1. The zero-order chi connectivity index (χ0) is 9.26. The van der Waals surface area contributed by atoms with E-state index >= 15 is 0 Å². The van der Waals surface area contributed by atoms with Crippen molar-refractivity contribution < 1.29 is 5.11 Å². The van der Waals surface area contributed by atoms with E-state index in [9.17, 15) is 5.11 Å². The van der Waals surface area contributed by atoms with Crippen LogP contribution in [-0.2, 0) is 0 Å². The Morgan fingerprint density at radius 3 is 2.86 bits per heavy atom. The third-order valence-electron chi connectivity index (χ3n) is 2.56. The second-order valence-electron chi connectivity index (χ2n) is 3.80. The van der Waals surface area contributed by atoms with Crippen LogP contribution in [0.5, 0.6) is 0 Å². The molecule has 0 aliphatic carbocycles. The first kappa shape index (κ1) is 12.0. The highest BCUT2D eigenvalue weighted by molar-refractivity contribution is 7.07. The molecule has 1 aromatic rings. The van der Waals surface area contributed by atoms with Gasteiger partial charge >= 0.3 is 0 Å². The zero-order valence-electron chi connectivity index (χ0n) is 8.14. The minimum atomic E-state index is -0.138. The molecular formula is C10H16ClNOS. The third kappa shape index (κ3) is 2.70. The van der Waals surface area contributed by atoms with Gasteiger partial charge in [-0.15, -0.1) is 12.4 Å². The second-order valence-corrected chi connectivity index (χ2v) is 4.58. The molecule has 1 aliphatic rings. The fourth-order valence-corrected chi connectivity index (χ4v) is 2.68. The largest absolute Gasteiger partial charge is 0.393 e. The topological polar surface area (TPSA) is 32.3 Å². The van der Waals surface area contributed by atoms with Gasteiger partial charge in [0.05, 0.1) is 6.10 Å². The van der Waals surface area contributed by atoms with Crippen molar-refractivity contribution in [2.24, 2.45) is 0 Å². The molecule has 2 heterocycles. The van der Waals surface area contributed by atoms with Crippen LogP contribution in [0.3, 0.4) is 0 Å². The van der Waals surface area contributed by atoms with Gasteiger partial charge in [-0.05, 0) is 42.2 Å². The number of aliphatic hydroxyl groups is 1. The molecular weight excluding hydrogens is 218 g/mol. The summed E-state index contributed by atoms with van der Waals surface area (Å²) in [5, 5.41) is 17.3. The van der Waals surface area contributed by atoms with E-state index in [0.717, 1.165) is 12.8 Å². The summed E-state index contributed by atoms with van der Waals surface area (Å²) < 4.78 is 0. The molecule has 0 aromatic carbocycles. The highest BCUT2D eigenvalue weighted by Crippen LogP contribution is 2.26. The molecule has 0 saturated carbocycles. The first-order chi connectivity index (χ1) is 6.25. The maximum absolute atomic E-state index is 9.61. The van der Waals surface area contributed by atoms with Crippen molar-refractivity contribution in [3.8, 4) is 0 Å². The van der Waals surface area contributed by atoms with Gasteiger partial charge in [0.25, 0.3) is 0 Å². The van der Waals surface area contributed by atoms with Gasteiger partial charge in [0.1, 0.15) is 0 Å². The first-order valence-electron chi connectivity index (χ1n) is 4.72. The summed E-state index contributed by atoms with van der Waals surface area (Å²) in [5.74, 6) is 0. The summed E-state index contributed by atoms with van der Waals surface area (Å²) in [5.41, 5.74) is 1.32. The van der Waals surface area contributed by atoms with Crippen LogP contribution in [-0.4, -0.2) is 17.3 Å². The minimum Gasteiger partial charge on any atom is -0.393 e. The normalized spacial score (nSPS) is 32.3. The molecule has 1 saturated heterocycles. The van der Waals surface area contributed by atoms with Gasteiger partial charge in [-0.1, -0.05) is 0 Å². The van der Waals surface area contributed by atoms with E-state index in [-0.39, 0.29) is 18.5 Å². The lowest BCUT2D eigenvalue weighted by Gasteiger charge is -2.31. The molecule has 14 heavy (non-hydrogen) atoms. The van der Waals surface area contributed by atoms with Crippen molar-refractivity contribution in [2.75, 3.05) is 0 Å². The van der Waals surface area contributed by atoms with Crippen molar-refractivity contribution >= 4 is 23.7 Å². The first-order valence-corrected chi connectivity index (χ1v) is 5.66. The van der Waals surface area contributed by atoms with Crippen molar-refractivity contribution in [1.29, 1.82) is 0 Å². The average Bonchev–Trinajstić information content (AvgIpc) is 2.53. The Morgan fingerprint density at radius 1 is 1.50 bits per heavy atom. The fraction of sp³-hybridized carbons (Fsp3) is 0.600. The molecule has 3 atom stereocenters. The van der Waals surface area contributed by atoms with E-state index in [1.165, 1.54) is 5.56 Å². The Labute approximate surface area is 94.8 Å². The predicted molar refractivity (Wildman–Crippen MR) is 62.1 cm³/mol. The fourth-order valence-electron chi connectivity index (χ4n) is 1.96. The Kier molecular flexibility index (Phi) is 4.38. The molecule has 2 nitrogen and oxygen atoms in total. The Morgan fingerprint density at radius 2 is 2.29 bits per heavy atom. The summed E-state index contributed by atoms with van der Waals surface area (Å²) in [6, 6.07) is 2.91. The predicted octanol–water partition coefficient (Wildman–Crippen LogP) is 2.34. The van der Waals surface area contributed by atoms with Crippen LogP contribution in [0, 0.1) is 0 Å². The molecule has 2 N–H and O–H groups in total. The van der Waals surface area contributed by atoms with E-state index in [1.807, 2.05) is 0 Å². The van der Waals surface area contributed by atoms with Crippen LogP contribution in [0.25, 0.3) is 0 Å². The number of hydrogen-bond donors (Lipinski definition) is 2. The van der Waals surface area contributed by atoms with Gasteiger partial charge in [0, 0.05) is 12.1 Å². The summed E-state index contributed by atoms with van der Waals surface area (Å²) in [6.07, 6.45) is 1.59. The highest BCUT2D eigenvalue weighted by atomic mass is 35.5. The average molecular weight is 234 g/mol. The quantitative estimate of drug-likeness (QED) is 0.781. The summed E-state index contributed by atoms with van der Waals surface area (Å²) >= 11 is 1.71. The van der Waals surface area contributed by atoms with Gasteiger partial charge in [-0.25, -0.2) is 0 Å². The summed E-state index contributed by atoms with van der Waals surface area (Å²) in [6.45, 7) is 2.13. The van der Waals surface area contributed by atoms with Gasteiger partial charge in [0.2, 0.25) is 0 Å². The molecule has 1 aliphatic heterocycles. The maximum atomic E-state index is 9.61. The van der Waals surface area contributed by atoms with E-state index in [4.69, 9.17) is 0 Å². The molecule has 2 rings (SSSR count). The summed E-state index contributed by atoms with van der Waals surface area (Å²) in [4.78, 5) is 0. The van der Waals surface area contributed by atoms with Crippen LogP contribution < -0.4 is 5.32 Å².